The number of carboxylic acid groups (broad SMARTS) is 1. The molecule has 0 bridgehead atoms. The molecule has 1 aliphatic heterocycles. The Labute approximate surface area is 166 Å². The van der Waals surface area contributed by atoms with Gasteiger partial charge in [-0.25, -0.2) is 9.18 Å². The van der Waals surface area contributed by atoms with Gasteiger partial charge in [-0.15, -0.1) is 0 Å². The molecule has 1 saturated heterocycles. The Kier molecular flexibility index (Phi) is 4.10. The second-order valence-corrected chi connectivity index (χ2v) is 8.62. The minimum Gasteiger partial charge on any atom is -0.449 e. The van der Waals surface area contributed by atoms with E-state index >= 15 is 4.39 Å². The summed E-state index contributed by atoms with van der Waals surface area (Å²) in [5.41, 5.74) is 6.91. The number of fused-ring (bicyclic) bond motifs is 2. The zero-order valence-electron chi connectivity index (χ0n) is 16.2. The van der Waals surface area contributed by atoms with Gasteiger partial charge in [0.05, 0.1) is 22.8 Å². The molecule has 0 radical (unpaired) electrons. The third-order valence-corrected chi connectivity index (χ3v) is 6.85. The summed E-state index contributed by atoms with van der Waals surface area (Å²) < 4.78 is 22.0. The van der Waals surface area contributed by atoms with Crippen LogP contribution in [0.2, 0.25) is 0 Å². The Hall–Kier alpha value is -2.61. The van der Waals surface area contributed by atoms with Crippen LogP contribution >= 0.6 is 0 Å². The summed E-state index contributed by atoms with van der Waals surface area (Å²) in [5.74, 6) is 0.298. The Balaban J connectivity index is 1.66. The maximum Gasteiger partial charge on any atom is 0.511 e. The molecule has 3 aliphatic rings. The lowest BCUT2D eigenvalue weighted by atomic mass is 9.66. The van der Waals surface area contributed by atoms with Crippen LogP contribution in [0.1, 0.15) is 37.3 Å². The first kappa shape index (κ1) is 18.4. The topological polar surface area (TPSA) is 97.8 Å². The summed E-state index contributed by atoms with van der Waals surface area (Å²) in [6.45, 7) is 3.07. The average molecular weight is 401 g/mol. The van der Waals surface area contributed by atoms with Crippen molar-refractivity contribution in [1.82, 2.24) is 4.57 Å². The number of carbonyl (C=O) groups is 1. The molecule has 2 saturated carbocycles. The number of ether oxygens (including phenoxy) is 1. The molecule has 1 aromatic heterocycles. The molecule has 3 fully saturated rings. The highest BCUT2D eigenvalue weighted by atomic mass is 19.1. The van der Waals surface area contributed by atoms with Crippen molar-refractivity contribution in [3.05, 3.63) is 33.9 Å². The van der Waals surface area contributed by atoms with Crippen LogP contribution in [0.15, 0.2) is 17.1 Å². The van der Waals surface area contributed by atoms with Gasteiger partial charge in [0.1, 0.15) is 5.82 Å². The maximum absolute atomic E-state index is 15.4. The number of anilines is 1. The van der Waals surface area contributed by atoms with E-state index in [4.69, 9.17) is 15.6 Å². The fourth-order valence-corrected chi connectivity index (χ4v) is 5.03. The van der Waals surface area contributed by atoms with E-state index in [1.165, 1.54) is 6.20 Å². The molecule has 2 aliphatic carbocycles. The van der Waals surface area contributed by atoms with E-state index in [1.807, 2.05) is 9.47 Å². The van der Waals surface area contributed by atoms with Crippen LogP contribution in [-0.4, -0.2) is 35.0 Å². The molecule has 2 heterocycles. The van der Waals surface area contributed by atoms with E-state index in [0.717, 1.165) is 38.8 Å². The van der Waals surface area contributed by atoms with Crippen molar-refractivity contribution in [2.45, 2.75) is 44.7 Å². The highest BCUT2D eigenvalue weighted by Crippen LogP contribution is 2.43. The summed E-state index contributed by atoms with van der Waals surface area (Å²) in [6, 6.07) is 2.08. The van der Waals surface area contributed by atoms with E-state index in [9.17, 15) is 9.59 Å². The predicted molar refractivity (Wildman–Crippen MR) is 106 cm³/mol. The van der Waals surface area contributed by atoms with Crippen molar-refractivity contribution in [2.24, 2.45) is 17.6 Å². The quantitative estimate of drug-likeness (QED) is 0.768. The van der Waals surface area contributed by atoms with Crippen LogP contribution in [0.3, 0.4) is 0 Å². The minimum absolute atomic E-state index is 0.165. The summed E-state index contributed by atoms with van der Waals surface area (Å²) in [4.78, 5) is 25.9. The number of nitrogens with zero attached hydrogens (tertiary/aromatic N) is 2. The second-order valence-electron chi connectivity index (χ2n) is 8.62. The second kappa shape index (κ2) is 6.45. The highest BCUT2D eigenvalue weighted by Gasteiger charge is 2.42. The van der Waals surface area contributed by atoms with Gasteiger partial charge in [0.2, 0.25) is 5.43 Å². The fourth-order valence-electron chi connectivity index (χ4n) is 5.03. The van der Waals surface area contributed by atoms with Gasteiger partial charge in [0.25, 0.3) is 0 Å². The maximum atomic E-state index is 15.4. The first-order valence-corrected chi connectivity index (χ1v) is 10.1. The van der Waals surface area contributed by atoms with E-state index in [-0.39, 0.29) is 28.8 Å². The zero-order valence-corrected chi connectivity index (χ0v) is 16.2. The van der Waals surface area contributed by atoms with Gasteiger partial charge >= 0.3 is 6.16 Å². The first-order valence-electron chi connectivity index (χ1n) is 10.1. The molecular formula is C21H24FN3O4. The van der Waals surface area contributed by atoms with Gasteiger partial charge in [-0.1, -0.05) is 0 Å². The molecule has 154 valence electrons. The fraction of sp³-hybridized carbons (Fsp3) is 0.524. The summed E-state index contributed by atoms with van der Waals surface area (Å²) in [5, 5.41) is 9.15. The van der Waals surface area contributed by atoms with Crippen molar-refractivity contribution < 1.29 is 19.0 Å². The molecule has 29 heavy (non-hydrogen) atoms. The van der Waals surface area contributed by atoms with Gasteiger partial charge in [-0.05, 0) is 50.5 Å². The Morgan fingerprint density at radius 3 is 2.76 bits per heavy atom. The third-order valence-electron chi connectivity index (χ3n) is 6.85. The summed E-state index contributed by atoms with van der Waals surface area (Å²) >= 11 is 0. The minimum atomic E-state index is -1.56. The number of aromatic nitrogens is 1. The lowest BCUT2D eigenvalue weighted by Crippen LogP contribution is -2.57. The highest BCUT2D eigenvalue weighted by molar-refractivity contribution is 5.88. The Morgan fingerprint density at radius 1 is 1.34 bits per heavy atom. The lowest BCUT2D eigenvalue weighted by molar-refractivity contribution is 0.110. The lowest BCUT2D eigenvalue weighted by Gasteiger charge is -2.50. The molecule has 0 spiro atoms. The van der Waals surface area contributed by atoms with Gasteiger partial charge in [-0.2, -0.15) is 0 Å². The molecule has 0 amide bonds. The van der Waals surface area contributed by atoms with Crippen LogP contribution in [0.25, 0.3) is 10.9 Å². The number of hydrogen-bond acceptors (Lipinski definition) is 5. The third kappa shape index (κ3) is 2.88. The number of benzene rings is 1. The molecule has 1 aromatic carbocycles. The van der Waals surface area contributed by atoms with Gasteiger partial charge in [0, 0.05) is 30.7 Å². The molecular weight excluding hydrogens is 377 g/mol. The number of nitrogens with two attached hydrogens (primary N) is 1. The largest absolute Gasteiger partial charge is 0.511 e. The molecule has 3 atom stereocenters. The first-order chi connectivity index (χ1) is 13.8. The summed E-state index contributed by atoms with van der Waals surface area (Å²) in [7, 11) is 0. The number of aryl methyl sites for hydroxylation is 1. The van der Waals surface area contributed by atoms with Crippen molar-refractivity contribution in [3.63, 3.8) is 0 Å². The Bertz CT molecular complexity index is 1080. The number of halogens is 1. The number of piperidine rings is 1. The molecule has 2 aromatic rings. The number of rotatable bonds is 3. The van der Waals surface area contributed by atoms with Gasteiger partial charge in [-0.3, -0.25) is 4.79 Å². The molecule has 8 heteroatoms. The predicted octanol–water partition coefficient (Wildman–Crippen LogP) is 3.01. The average Bonchev–Trinajstić information content (AvgIpc) is 3.50. The van der Waals surface area contributed by atoms with Crippen LogP contribution in [-0.2, 0) is 0 Å². The SMILES string of the molecule is Cc1c(F)c(N2CC[C@@H]3C[C@H](N)[C@@H]3C2)cc2c1c(=O)c(OC(=O)O)cn2C1CC1. The normalized spacial score (nSPS) is 26.2. The molecule has 0 unspecified atom stereocenters. The standard InChI is InChI=1S/C21H24FN3O4/c1-10-18-15(25(12-2-3-12)9-17(20(18)26)29-21(27)28)7-16(19(10)22)24-5-4-11-6-14(23)13(11)8-24/h7,9,11-14H,2-6,8,23H2,1H3,(H,27,28)/t11-,13-,14+/m1/s1. The number of hydrogen-bond donors (Lipinski definition) is 2. The molecule has 5 rings (SSSR count). The zero-order chi connectivity index (χ0) is 20.4. The van der Waals surface area contributed by atoms with Crippen molar-refractivity contribution in [2.75, 3.05) is 18.0 Å². The van der Waals surface area contributed by atoms with Crippen molar-refractivity contribution in [3.8, 4) is 5.75 Å². The molecule has 7 nitrogen and oxygen atoms in total. The van der Waals surface area contributed by atoms with Gasteiger partial charge in [0.15, 0.2) is 5.75 Å². The Morgan fingerprint density at radius 2 is 2.10 bits per heavy atom. The van der Waals surface area contributed by atoms with E-state index < -0.39 is 17.4 Å². The van der Waals surface area contributed by atoms with Gasteiger partial charge < -0.3 is 25.0 Å². The monoisotopic (exact) mass is 401 g/mol. The number of pyridine rings is 1. The van der Waals surface area contributed by atoms with E-state index in [2.05, 4.69) is 0 Å². The van der Waals surface area contributed by atoms with Crippen molar-refractivity contribution in [1.29, 1.82) is 0 Å². The van der Waals surface area contributed by atoms with E-state index in [1.54, 1.807) is 13.0 Å². The smallest absolute Gasteiger partial charge is 0.449 e. The van der Waals surface area contributed by atoms with Crippen LogP contribution in [0, 0.1) is 24.6 Å². The van der Waals surface area contributed by atoms with Crippen molar-refractivity contribution >= 4 is 22.7 Å². The van der Waals surface area contributed by atoms with Crippen LogP contribution in [0.5, 0.6) is 5.75 Å². The molecule has 3 N–H and O–H groups in total. The van der Waals surface area contributed by atoms with E-state index in [0.29, 0.717) is 23.0 Å². The van der Waals surface area contributed by atoms with Crippen LogP contribution in [0.4, 0.5) is 14.9 Å². The van der Waals surface area contributed by atoms with Crippen LogP contribution < -0.4 is 20.8 Å². The summed E-state index contributed by atoms with van der Waals surface area (Å²) in [6.07, 6.45) is 3.79.